The normalized spacial score (nSPS) is 21.1. The number of carbonyl (C=O) groups is 1. The van der Waals surface area contributed by atoms with Gasteiger partial charge in [0.1, 0.15) is 5.69 Å². The third-order valence-corrected chi connectivity index (χ3v) is 3.91. The van der Waals surface area contributed by atoms with Crippen molar-refractivity contribution in [2.75, 3.05) is 11.9 Å². The van der Waals surface area contributed by atoms with Crippen LogP contribution in [0.2, 0.25) is 0 Å². The van der Waals surface area contributed by atoms with Gasteiger partial charge < -0.3 is 16.4 Å². The van der Waals surface area contributed by atoms with Gasteiger partial charge in [-0.3, -0.25) is 14.9 Å². The van der Waals surface area contributed by atoms with E-state index in [9.17, 15) is 14.9 Å². The highest BCUT2D eigenvalue weighted by Crippen LogP contribution is 2.23. The van der Waals surface area contributed by atoms with Gasteiger partial charge >= 0.3 is 0 Å². The molecular weight excluding hydrogens is 284 g/mol. The number of nitro groups is 1. The van der Waals surface area contributed by atoms with Gasteiger partial charge in [-0.05, 0) is 31.7 Å². The van der Waals surface area contributed by atoms with E-state index in [2.05, 4.69) is 10.6 Å². The molecule has 0 radical (unpaired) electrons. The van der Waals surface area contributed by atoms with Crippen molar-refractivity contribution in [3.63, 3.8) is 0 Å². The van der Waals surface area contributed by atoms with Crippen molar-refractivity contribution in [2.45, 2.75) is 44.2 Å². The van der Waals surface area contributed by atoms with Gasteiger partial charge in [-0.25, -0.2) is 0 Å². The van der Waals surface area contributed by atoms with Gasteiger partial charge in [-0.1, -0.05) is 12.1 Å². The Morgan fingerprint density at radius 1 is 1.27 bits per heavy atom. The smallest absolute Gasteiger partial charge is 0.292 e. The lowest BCUT2D eigenvalue weighted by Gasteiger charge is -2.26. The van der Waals surface area contributed by atoms with Crippen LogP contribution in [-0.2, 0) is 4.79 Å². The zero-order valence-electron chi connectivity index (χ0n) is 12.5. The van der Waals surface area contributed by atoms with Gasteiger partial charge in [0.25, 0.3) is 5.69 Å². The molecule has 0 aromatic heterocycles. The third-order valence-electron chi connectivity index (χ3n) is 3.91. The predicted molar refractivity (Wildman–Crippen MR) is 84.6 cm³/mol. The van der Waals surface area contributed by atoms with Crippen LogP contribution in [0.5, 0.6) is 0 Å². The molecule has 22 heavy (non-hydrogen) atoms. The second-order valence-corrected chi connectivity index (χ2v) is 5.63. The minimum Gasteiger partial charge on any atom is -0.379 e. The lowest BCUT2D eigenvalue weighted by molar-refractivity contribution is -0.384. The molecule has 1 aliphatic rings. The number of para-hydroxylation sites is 2. The Morgan fingerprint density at radius 2 is 1.95 bits per heavy atom. The number of benzene rings is 1. The van der Waals surface area contributed by atoms with Gasteiger partial charge in [-0.2, -0.15) is 0 Å². The fourth-order valence-electron chi connectivity index (χ4n) is 2.66. The molecule has 1 saturated carbocycles. The Kier molecular flexibility index (Phi) is 5.71. The number of anilines is 1. The summed E-state index contributed by atoms with van der Waals surface area (Å²) in [7, 11) is 0. The first-order valence-electron chi connectivity index (χ1n) is 7.58. The van der Waals surface area contributed by atoms with E-state index in [-0.39, 0.29) is 30.1 Å². The zero-order valence-corrected chi connectivity index (χ0v) is 12.5. The van der Waals surface area contributed by atoms with Crippen molar-refractivity contribution in [2.24, 2.45) is 5.73 Å². The van der Waals surface area contributed by atoms with Crippen molar-refractivity contribution >= 4 is 17.3 Å². The van der Waals surface area contributed by atoms with E-state index in [1.807, 2.05) is 0 Å². The van der Waals surface area contributed by atoms with Gasteiger partial charge in [-0.15, -0.1) is 0 Å². The lowest BCUT2D eigenvalue weighted by atomic mass is 9.92. The Hall–Kier alpha value is -2.15. The SMILES string of the molecule is NC1CCC(NC(=O)CCNc2ccccc2[N+](=O)[O-])CC1. The molecule has 7 nitrogen and oxygen atoms in total. The molecule has 0 atom stereocenters. The summed E-state index contributed by atoms with van der Waals surface area (Å²) in [4.78, 5) is 22.3. The summed E-state index contributed by atoms with van der Waals surface area (Å²) in [5.41, 5.74) is 6.29. The third kappa shape index (κ3) is 4.70. The standard InChI is InChI=1S/C15H22N4O3/c16-11-5-7-12(8-6-11)18-15(20)9-10-17-13-3-1-2-4-14(13)19(21)22/h1-4,11-12,17H,5-10,16H2,(H,18,20). The molecule has 1 aromatic carbocycles. The van der Waals surface area contributed by atoms with Crippen LogP contribution >= 0.6 is 0 Å². The van der Waals surface area contributed by atoms with Gasteiger partial charge in [0, 0.05) is 31.1 Å². The summed E-state index contributed by atoms with van der Waals surface area (Å²) in [6.07, 6.45) is 4.02. The van der Waals surface area contributed by atoms with Crippen molar-refractivity contribution in [3.8, 4) is 0 Å². The van der Waals surface area contributed by atoms with Crippen LogP contribution in [0.25, 0.3) is 0 Å². The fraction of sp³-hybridized carbons (Fsp3) is 0.533. The molecule has 0 aliphatic heterocycles. The van der Waals surface area contributed by atoms with E-state index < -0.39 is 4.92 Å². The summed E-state index contributed by atoms with van der Waals surface area (Å²) in [5.74, 6) is -0.0356. The number of hydrogen-bond acceptors (Lipinski definition) is 5. The van der Waals surface area contributed by atoms with Crippen LogP contribution in [0.1, 0.15) is 32.1 Å². The number of nitrogens with zero attached hydrogens (tertiary/aromatic N) is 1. The highest BCUT2D eigenvalue weighted by atomic mass is 16.6. The number of hydrogen-bond donors (Lipinski definition) is 3. The number of nitro benzene ring substituents is 1. The minimum absolute atomic E-state index is 0.0178. The molecule has 2 rings (SSSR count). The number of carbonyl (C=O) groups excluding carboxylic acids is 1. The quantitative estimate of drug-likeness (QED) is 0.548. The maximum Gasteiger partial charge on any atom is 0.292 e. The molecule has 4 N–H and O–H groups in total. The van der Waals surface area contributed by atoms with E-state index in [0.29, 0.717) is 12.2 Å². The molecule has 1 aromatic rings. The first-order chi connectivity index (χ1) is 10.6. The van der Waals surface area contributed by atoms with E-state index in [1.165, 1.54) is 6.07 Å². The van der Waals surface area contributed by atoms with Crippen molar-refractivity contribution in [3.05, 3.63) is 34.4 Å². The number of amides is 1. The van der Waals surface area contributed by atoms with Crippen LogP contribution in [0.15, 0.2) is 24.3 Å². The molecule has 0 bridgehead atoms. The average Bonchev–Trinajstić information content (AvgIpc) is 2.50. The molecule has 1 aliphatic carbocycles. The number of nitrogens with two attached hydrogens (primary N) is 1. The first-order valence-corrected chi connectivity index (χ1v) is 7.58. The minimum atomic E-state index is -0.437. The average molecular weight is 306 g/mol. The predicted octanol–water partition coefficient (Wildman–Crippen LogP) is 1.78. The summed E-state index contributed by atoms with van der Waals surface area (Å²) < 4.78 is 0. The summed E-state index contributed by atoms with van der Waals surface area (Å²) in [6.45, 7) is 0.364. The molecule has 1 amide bonds. The summed E-state index contributed by atoms with van der Waals surface area (Å²) in [5, 5.41) is 16.8. The van der Waals surface area contributed by atoms with Crippen LogP contribution in [-0.4, -0.2) is 29.5 Å². The van der Waals surface area contributed by atoms with Crippen LogP contribution < -0.4 is 16.4 Å². The van der Waals surface area contributed by atoms with Crippen LogP contribution in [0.3, 0.4) is 0 Å². The van der Waals surface area contributed by atoms with E-state index in [0.717, 1.165) is 25.7 Å². The van der Waals surface area contributed by atoms with Crippen molar-refractivity contribution < 1.29 is 9.72 Å². The second kappa shape index (κ2) is 7.74. The Morgan fingerprint density at radius 3 is 2.64 bits per heavy atom. The molecule has 0 saturated heterocycles. The Balaban J connectivity index is 1.74. The zero-order chi connectivity index (χ0) is 15.9. The monoisotopic (exact) mass is 306 g/mol. The largest absolute Gasteiger partial charge is 0.379 e. The van der Waals surface area contributed by atoms with Crippen LogP contribution in [0.4, 0.5) is 11.4 Å². The van der Waals surface area contributed by atoms with E-state index >= 15 is 0 Å². The lowest BCUT2D eigenvalue weighted by Crippen LogP contribution is -2.40. The van der Waals surface area contributed by atoms with Gasteiger partial charge in [0.2, 0.25) is 5.91 Å². The van der Waals surface area contributed by atoms with E-state index in [1.54, 1.807) is 18.2 Å². The maximum absolute atomic E-state index is 11.9. The second-order valence-electron chi connectivity index (χ2n) is 5.63. The molecule has 1 fully saturated rings. The number of rotatable bonds is 6. The Labute approximate surface area is 129 Å². The Bertz CT molecular complexity index is 527. The summed E-state index contributed by atoms with van der Waals surface area (Å²) >= 11 is 0. The topological polar surface area (TPSA) is 110 Å². The molecular formula is C15H22N4O3. The van der Waals surface area contributed by atoms with Crippen molar-refractivity contribution in [1.82, 2.24) is 5.32 Å². The highest BCUT2D eigenvalue weighted by molar-refractivity contribution is 5.77. The van der Waals surface area contributed by atoms with Crippen LogP contribution in [0, 0.1) is 10.1 Å². The van der Waals surface area contributed by atoms with Gasteiger partial charge in [0.15, 0.2) is 0 Å². The molecule has 7 heteroatoms. The molecule has 120 valence electrons. The fourth-order valence-corrected chi connectivity index (χ4v) is 2.66. The molecule has 0 heterocycles. The first kappa shape index (κ1) is 16.2. The molecule has 0 spiro atoms. The highest BCUT2D eigenvalue weighted by Gasteiger charge is 2.20. The maximum atomic E-state index is 11.9. The number of nitrogens with one attached hydrogen (secondary N) is 2. The summed E-state index contributed by atoms with van der Waals surface area (Å²) in [6, 6.07) is 6.88. The van der Waals surface area contributed by atoms with Crippen molar-refractivity contribution in [1.29, 1.82) is 0 Å². The molecule has 0 unspecified atom stereocenters. The van der Waals surface area contributed by atoms with Gasteiger partial charge in [0.05, 0.1) is 4.92 Å². The van der Waals surface area contributed by atoms with E-state index in [4.69, 9.17) is 5.73 Å².